The zero-order chi connectivity index (χ0) is 37.8. The number of rotatable bonds is 13. The van der Waals surface area contributed by atoms with Gasteiger partial charge >= 0.3 is 0 Å². The molecule has 280 valence electrons. The van der Waals surface area contributed by atoms with Crippen LogP contribution in [0.15, 0.2) is 71.8 Å². The molecule has 0 aliphatic heterocycles. The van der Waals surface area contributed by atoms with Crippen molar-refractivity contribution in [2.24, 2.45) is 0 Å². The molecule has 0 saturated heterocycles. The predicted octanol–water partition coefficient (Wildman–Crippen LogP) is 8.49. The van der Waals surface area contributed by atoms with Gasteiger partial charge in [-0.1, -0.05) is 19.6 Å². The molecule has 0 fully saturated rings. The molecule has 54 heavy (non-hydrogen) atoms. The van der Waals surface area contributed by atoms with E-state index in [0.29, 0.717) is 12.5 Å². The van der Waals surface area contributed by atoms with Gasteiger partial charge in [0.1, 0.15) is 26.8 Å². The summed E-state index contributed by atoms with van der Waals surface area (Å²) in [7, 11) is -1.09. The summed E-state index contributed by atoms with van der Waals surface area (Å²) < 4.78 is 20.4. The first kappa shape index (κ1) is 37.7. The number of aromatic nitrogens is 12. The molecule has 0 unspecified atom stereocenters. The highest BCUT2D eigenvalue weighted by Crippen LogP contribution is 2.31. The maximum atomic E-state index is 5.82. The van der Waals surface area contributed by atoms with Crippen molar-refractivity contribution in [3.8, 4) is 22.5 Å². The summed E-state index contributed by atoms with van der Waals surface area (Å²) in [5.41, 5.74) is 7.39. The number of fused-ring (bicyclic) bond motifs is 2. The zero-order valence-corrected chi connectivity index (χ0v) is 35.1. The molecule has 8 aromatic rings. The van der Waals surface area contributed by atoms with Crippen LogP contribution in [0.4, 0.5) is 21.6 Å². The molecule has 0 atom stereocenters. The van der Waals surface area contributed by atoms with Crippen molar-refractivity contribution < 1.29 is 4.74 Å². The van der Waals surface area contributed by atoms with Gasteiger partial charge in [-0.05, 0) is 67.6 Å². The van der Waals surface area contributed by atoms with Gasteiger partial charge in [0.25, 0.3) is 0 Å². The Labute approximate surface area is 329 Å². The molecule has 0 saturated carbocycles. The van der Waals surface area contributed by atoms with Gasteiger partial charge in [0.05, 0.1) is 47.6 Å². The molecule has 20 heteroatoms. The molecule has 0 aliphatic rings. The Morgan fingerprint density at radius 1 is 0.778 bits per heavy atom. The van der Waals surface area contributed by atoms with Gasteiger partial charge in [-0.15, -0.1) is 23.5 Å². The molecule has 0 aliphatic carbocycles. The first-order chi connectivity index (χ1) is 26.1. The Hall–Kier alpha value is -4.60. The molecule has 8 aromatic heterocycles. The summed E-state index contributed by atoms with van der Waals surface area (Å²) >= 11 is 6.00. The Morgan fingerprint density at radius 3 is 1.83 bits per heavy atom. The van der Waals surface area contributed by atoms with E-state index in [4.69, 9.17) is 9.72 Å². The van der Waals surface area contributed by atoms with Crippen LogP contribution in [-0.4, -0.2) is 84.7 Å². The van der Waals surface area contributed by atoms with Crippen LogP contribution in [-0.2, 0) is 11.5 Å². The number of nitrogens with zero attached hydrogens (tertiary/aromatic N) is 11. The van der Waals surface area contributed by atoms with Crippen LogP contribution in [0.1, 0.15) is 11.4 Å². The lowest BCUT2D eigenvalue weighted by Gasteiger charge is -2.15. The Bertz CT molecular complexity index is 2480. The van der Waals surface area contributed by atoms with Gasteiger partial charge in [0, 0.05) is 50.6 Å². The highest BCUT2D eigenvalue weighted by molar-refractivity contribution is 7.98. The van der Waals surface area contributed by atoms with Gasteiger partial charge < -0.3 is 15.4 Å². The molecule has 8 rings (SSSR count). The first-order valence-electron chi connectivity index (χ1n) is 16.9. The van der Waals surface area contributed by atoms with Crippen molar-refractivity contribution >= 4 is 87.6 Å². The largest absolute Gasteiger partial charge is 0.360 e. The standard InChI is InChI=1S/C20H27N7OS2Si.C14H13N7S2/c1-14-8-17(30-25-14)23-19-20-21-10-16(27(20)12-18(24-19)29-2)15-9-22-26(11-15)13-28-6-7-31(3,4)5;1-8-3-11(23-20-8)18-13-14-15-6-10(9-4-16-17-5-9)21(14)7-12(19-13)22-2/h8-12H,6-7,13H2,1-5H3,(H,23,24);3-7H,1-2H3,(H,16,17)(H,18,19). The summed E-state index contributed by atoms with van der Waals surface area (Å²) in [6.07, 6.45) is 19.2. The number of anilines is 4. The van der Waals surface area contributed by atoms with E-state index in [1.807, 2.05) is 91.0 Å². The third-order valence-electron chi connectivity index (χ3n) is 8.04. The minimum Gasteiger partial charge on any atom is -0.360 e. The number of aryl methyl sites for hydroxylation is 2. The van der Waals surface area contributed by atoms with E-state index < -0.39 is 8.07 Å². The highest BCUT2D eigenvalue weighted by atomic mass is 32.2. The van der Waals surface area contributed by atoms with Gasteiger partial charge in [0.15, 0.2) is 22.9 Å². The Morgan fingerprint density at radius 2 is 1.35 bits per heavy atom. The topological polar surface area (TPSA) is 166 Å². The molecule has 0 radical (unpaired) electrons. The summed E-state index contributed by atoms with van der Waals surface area (Å²) in [6, 6.07) is 5.15. The number of hydrogen-bond donors (Lipinski definition) is 3. The van der Waals surface area contributed by atoms with Crippen molar-refractivity contribution in [2.75, 3.05) is 29.8 Å². The van der Waals surface area contributed by atoms with Crippen LogP contribution < -0.4 is 10.6 Å². The van der Waals surface area contributed by atoms with Gasteiger partial charge in [0.2, 0.25) is 0 Å². The first-order valence-corrected chi connectivity index (χ1v) is 24.6. The normalized spacial score (nSPS) is 11.7. The molecular formula is C34H40N14OS4Si. The van der Waals surface area contributed by atoms with Crippen molar-refractivity contribution in [3.63, 3.8) is 0 Å². The summed E-state index contributed by atoms with van der Waals surface area (Å²) in [5, 5.41) is 21.7. The van der Waals surface area contributed by atoms with E-state index in [2.05, 4.69) is 73.7 Å². The predicted molar refractivity (Wildman–Crippen MR) is 223 cm³/mol. The van der Waals surface area contributed by atoms with Gasteiger partial charge in [-0.2, -0.15) is 18.9 Å². The van der Waals surface area contributed by atoms with E-state index in [-0.39, 0.29) is 0 Å². The molecule has 0 aromatic carbocycles. The monoisotopic (exact) mass is 816 g/mol. The lowest BCUT2D eigenvalue weighted by atomic mass is 10.3. The molecule has 0 spiro atoms. The van der Waals surface area contributed by atoms with Crippen LogP contribution in [0.3, 0.4) is 0 Å². The fraction of sp³-hybridized carbons (Fsp3) is 0.294. The lowest BCUT2D eigenvalue weighted by molar-refractivity contribution is 0.0786. The Balaban J connectivity index is 0.000000174. The zero-order valence-electron chi connectivity index (χ0n) is 30.9. The highest BCUT2D eigenvalue weighted by Gasteiger charge is 2.17. The third kappa shape index (κ3) is 8.85. The number of thioether (sulfide) groups is 2. The van der Waals surface area contributed by atoms with Crippen LogP contribution in [0.2, 0.25) is 25.7 Å². The maximum Gasteiger partial charge on any atom is 0.181 e. The number of hydrogen-bond acceptors (Lipinski definition) is 15. The second-order valence-corrected chi connectivity index (χ2v) is 22.3. The molecule has 3 N–H and O–H groups in total. The van der Waals surface area contributed by atoms with Crippen molar-refractivity contribution in [3.05, 3.63) is 73.1 Å². The minimum atomic E-state index is -1.09. The maximum absolute atomic E-state index is 5.82. The fourth-order valence-corrected chi connectivity index (χ4v) is 8.16. The van der Waals surface area contributed by atoms with Gasteiger partial charge in [-0.3, -0.25) is 13.9 Å². The molecule has 0 amide bonds. The average molecular weight is 817 g/mol. The molecular weight excluding hydrogens is 777 g/mol. The van der Waals surface area contributed by atoms with Crippen LogP contribution in [0, 0.1) is 13.8 Å². The quantitative estimate of drug-likeness (QED) is 0.0577. The Kier molecular flexibility index (Phi) is 11.5. The van der Waals surface area contributed by atoms with Crippen LogP contribution in [0.5, 0.6) is 0 Å². The summed E-state index contributed by atoms with van der Waals surface area (Å²) in [4.78, 5) is 18.5. The number of ether oxygens (including phenoxy) is 1. The van der Waals surface area contributed by atoms with E-state index in [1.165, 1.54) is 23.1 Å². The SMILES string of the molecule is CSc1cn2c(-c3cn[nH]c3)cnc2c(Nc2cc(C)ns2)n1.CSc1cn2c(-c3cnn(COCC[Si](C)(C)C)c3)cnc2c(Nc2cc(C)ns2)n1. The second-order valence-electron chi connectivity index (χ2n) is 13.5. The van der Waals surface area contributed by atoms with Crippen molar-refractivity contribution in [2.45, 2.75) is 56.3 Å². The molecule has 15 nitrogen and oxygen atoms in total. The third-order valence-corrected chi connectivity index (χ3v) is 12.6. The van der Waals surface area contributed by atoms with Gasteiger partial charge in [-0.25, -0.2) is 24.6 Å². The number of H-pyrrole nitrogens is 1. The van der Waals surface area contributed by atoms with E-state index in [9.17, 15) is 0 Å². The molecule has 8 heterocycles. The van der Waals surface area contributed by atoms with E-state index >= 15 is 0 Å². The van der Waals surface area contributed by atoms with E-state index in [1.54, 1.807) is 29.7 Å². The second kappa shape index (κ2) is 16.4. The van der Waals surface area contributed by atoms with E-state index in [0.717, 1.165) is 83.7 Å². The average Bonchev–Trinajstić information content (AvgIpc) is 4.00. The summed E-state index contributed by atoms with van der Waals surface area (Å²) in [5.74, 6) is 1.43. The summed E-state index contributed by atoms with van der Waals surface area (Å²) in [6.45, 7) is 12.2. The molecule has 0 bridgehead atoms. The number of aromatic amines is 1. The number of imidazole rings is 2. The van der Waals surface area contributed by atoms with Crippen molar-refractivity contribution in [1.82, 2.24) is 57.5 Å². The smallest absolute Gasteiger partial charge is 0.181 e. The minimum absolute atomic E-state index is 0.455. The fourth-order valence-electron chi connectivity index (χ4n) is 5.30. The van der Waals surface area contributed by atoms with Crippen molar-refractivity contribution in [1.29, 1.82) is 0 Å². The van der Waals surface area contributed by atoms with Crippen LogP contribution in [0.25, 0.3) is 33.8 Å². The lowest BCUT2D eigenvalue weighted by Crippen LogP contribution is -2.22. The number of nitrogens with one attached hydrogen (secondary N) is 3. The van der Waals surface area contributed by atoms with Crippen LogP contribution >= 0.6 is 46.6 Å².